The lowest BCUT2D eigenvalue weighted by Gasteiger charge is -2.41. The molecule has 0 amide bonds. The molecule has 2 rings (SSSR count). The van der Waals surface area contributed by atoms with E-state index in [0.29, 0.717) is 6.04 Å². The number of hydrogen-bond donors (Lipinski definition) is 1. The molecule has 1 aliphatic carbocycles. The lowest BCUT2D eigenvalue weighted by Crippen LogP contribution is -2.51. The van der Waals surface area contributed by atoms with Crippen LogP contribution in [0, 0.1) is 5.92 Å². The van der Waals surface area contributed by atoms with E-state index in [4.69, 9.17) is 0 Å². The van der Waals surface area contributed by atoms with Gasteiger partial charge in [0.1, 0.15) is 0 Å². The van der Waals surface area contributed by atoms with Crippen molar-refractivity contribution in [2.24, 2.45) is 5.92 Å². The highest BCUT2D eigenvalue weighted by Gasteiger charge is 2.31. The van der Waals surface area contributed by atoms with Crippen LogP contribution in [0.5, 0.6) is 0 Å². The molecule has 1 heterocycles. The van der Waals surface area contributed by atoms with Crippen LogP contribution >= 0.6 is 0 Å². The van der Waals surface area contributed by atoms with Gasteiger partial charge in [0.05, 0.1) is 0 Å². The zero-order valence-corrected chi connectivity index (χ0v) is 11.9. The van der Waals surface area contributed by atoms with Crippen molar-refractivity contribution < 1.29 is 0 Å². The SMILES string of the molecule is CC(C)CN(C1CCCC1)C1CCNC(C)C1. The van der Waals surface area contributed by atoms with Gasteiger partial charge in [0, 0.05) is 24.7 Å². The summed E-state index contributed by atoms with van der Waals surface area (Å²) in [5, 5.41) is 3.58. The fraction of sp³-hybridized carbons (Fsp3) is 1.00. The van der Waals surface area contributed by atoms with Crippen LogP contribution in [0.25, 0.3) is 0 Å². The molecule has 0 aromatic carbocycles. The van der Waals surface area contributed by atoms with Crippen molar-refractivity contribution in [1.82, 2.24) is 10.2 Å². The van der Waals surface area contributed by atoms with Crippen molar-refractivity contribution in [3.05, 3.63) is 0 Å². The number of nitrogens with zero attached hydrogens (tertiary/aromatic N) is 1. The van der Waals surface area contributed by atoms with Crippen molar-refractivity contribution in [2.75, 3.05) is 13.1 Å². The van der Waals surface area contributed by atoms with Crippen LogP contribution in [0.15, 0.2) is 0 Å². The largest absolute Gasteiger partial charge is 0.314 e. The lowest BCUT2D eigenvalue weighted by atomic mass is 9.96. The smallest absolute Gasteiger partial charge is 0.0125 e. The fourth-order valence-corrected chi connectivity index (χ4v) is 3.66. The Labute approximate surface area is 107 Å². The third kappa shape index (κ3) is 3.69. The van der Waals surface area contributed by atoms with Crippen LogP contribution in [0.2, 0.25) is 0 Å². The molecule has 2 unspecified atom stereocenters. The van der Waals surface area contributed by atoms with Gasteiger partial charge in [-0.25, -0.2) is 0 Å². The number of rotatable bonds is 4. The molecule has 100 valence electrons. The average Bonchev–Trinajstić information content (AvgIpc) is 2.79. The van der Waals surface area contributed by atoms with E-state index in [1.165, 1.54) is 51.6 Å². The zero-order chi connectivity index (χ0) is 12.3. The van der Waals surface area contributed by atoms with E-state index in [0.717, 1.165) is 18.0 Å². The van der Waals surface area contributed by atoms with Crippen molar-refractivity contribution in [2.45, 2.75) is 77.4 Å². The third-order valence-corrected chi connectivity index (χ3v) is 4.43. The molecule has 0 aromatic heterocycles. The molecule has 1 aliphatic heterocycles. The first-order valence-corrected chi connectivity index (χ1v) is 7.66. The Morgan fingerprint density at radius 2 is 1.82 bits per heavy atom. The minimum Gasteiger partial charge on any atom is -0.314 e. The van der Waals surface area contributed by atoms with Crippen LogP contribution in [-0.4, -0.2) is 36.1 Å². The Morgan fingerprint density at radius 1 is 1.12 bits per heavy atom. The summed E-state index contributed by atoms with van der Waals surface area (Å²) in [5.41, 5.74) is 0. The standard InChI is InChI=1S/C15H30N2/c1-12(2)11-17(14-6-4-5-7-14)15-8-9-16-13(3)10-15/h12-16H,4-11H2,1-3H3. The van der Waals surface area contributed by atoms with Crippen molar-refractivity contribution in [3.8, 4) is 0 Å². The number of nitrogens with one attached hydrogen (secondary N) is 1. The molecule has 2 fully saturated rings. The molecule has 1 N–H and O–H groups in total. The van der Waals surface area contributed by atoms with Crippen LogP contribution < -0.4 is 5.32 Å². The van der Waals surface area contributed by atoms with E-state index in [1.54, 1.807) is 0 Å². The first-order valence-electron chi connectivity index (χ1n) is 7.66. The molecule has 0 bridgehead atoms. The second-order valence-electron chi connectivity index (χ2n) is 6.56. The van der Waals surface area contributed by atoms with E-state index in [1.807, 2.05) is 0 Å². The van der Waals surface area contributed by atoms with E-state index in [2.05, 4.69) is 31.0 Å². The normalized spacial score (nSPS) is 31.6. The van der Waals surface area contributed by atoms with Gasteiger partial charge in [0.15, 0.2) is 0 Å². The Kier molecular flexibility index (Phi) is 4.87. The van der Waals surface area contributed by atoms with Gasteiger partial charge in [-0.05, 0) is 45.1 Å². The van der Waals surface area contributed by atoms with Gasteiger partial charge in [-0.1, -0.05) is 26.7 Å². The zero-order valence-electron chi connectivity index (χ0n) is 11.9. The highest BCUT2D eigenvalue weighted by atomic mass is 15.2. The monoisotopic (exact) mass is 238 g/mol. The molecule has 0 aromatic rings. The van der Waals surface area contributed by atoms with Crippen LogP contribution in [0.1, 0.15) is 59.3 Å². The van der Waals surface area contributed by atoms with E-state index >= 15 is 0 Å². The van der Waals surface area contributed by atoms with Gasteiger partial charge in [-0.15, -0.1) is 0 Å². The quantitative estimate of drug-likeness (QED) is 0.810. The van der Waals surface area contributed by atoms with E-state index < -0.39 is 0 Å². The molecule has 0 spiro atoms. The first kappa shape index (κ1) is 13.4. The van der Waals surface area contributed by atoms with Gasteiger partial charge in [-0.2, -0.15) is 0 Å². The average molecular weight is 238 g/mol. The van der Waals surface area contributed by atoms with Gasteiger partial charge in [0.25, 0.3) is 0 Å². The maximum Gasteiger partial charge on any atom is 0.0125 e. The first-order chi connectivity index (χ1) is 8.16. The molecule has 2 nitrogen and oxygen atoms in total. The molecule has 17 heavy (non-hydrogen) atoms. The molecule has 2 heteroatoms. The summed E-state index contributed by atoms with van der Waals surface area (Å²) >= 11 is 0. The predicted molar refractivity (Wildman–Crippen MR) is 74.3 cm³/mol. The maximum absolute atomic E-state index is 3.58. The Bertz CT molecular complexity index is 221. The third-order valence-electron chi connectivity index (χ3n) is 4.43. The van der Waals surface area contributed by atoms with Crippen molar-refractivity contribution in [3.63, 3.8) is 0 Å². The molecule has 0 radical (unpaired) electrons. The molecule has 2 aliphatic rings. The second-order valence-corrected chi connectivity index (χ2v) is 6.56. The Morgan fingerprint density at radius 3 is 2.41 bits per heavy atom. The maximum atomic E-state index is 3.58. The highest BCUT2D eigenvalue weighted by molar-refractivity contribution is 4.88. The molecule has 2 atom stereocenters. The minimum atomic E-state index is 0.713. The molecule has 1 saturated heterocycles. The van der Waals surface area contributed by atoms with E-state index in [-0.39, 0.29) is 0 Å². The van der Waals surface area contributed by atoms with Gasteiger partial charge in [0.2, 0.25) is 0 Å². The van der Waals surface area contributed by atoms with Crippen LogP contribution in [-0.2, 0) is 0 Å². The Hall–Kier alpha value is -0.0800. The lowest BCUT2D eigenvalue weighted by molar-refractivity contribution is 0.0867. The molecular weight excluding hydrogens is 208 g/mol. The van der Waals surface area contributed by atoms with Gasteiger partial charge >= 0.3 is 0 Å². The summed E-state index contributed by atoms with van der Waals surface area (Å²) in [6, 6.07) is 2.45. The van der Waals surface area contributed by atoms with Crippen molar-refractivity contribution >= 4 is 0 Å². The summed E-state index contributed by atoms with van der Waals surface area (Å²) in [6.45, 7) is 9.60. The minimum absolute atomic E-state index is 0.713. The highest BCUT2D eigenvalue weighted by Crippen LogP contribution is 2.29. The van der Waals surface area contributed by atoms with Gasteiger partial charge in [-0.3, -0.25) is 4.90 Å². The summed E-state index contributed by atoms with van der Waals surface area (Å²) in [4.78, 5) is 2.87. The number of piperidine rings is 1. The Balaban J connectivity index is 1.97. The topological polar surface area (TPSA) is 15.3 Å². The fourth-order valence-electron chi connectivity index (χ4n) is 3.66. The van der Waals surface area contributed by atoms with Crippen LogP contribution in [0.3, 0.4) is 0 Å². The summed E-state index contributed by atoms with van der Waals surface area (Å²) < 4.78 is 0. The van der Waals surface area contributed by atoms with E-state index in [9.17, 15) is 0 Å². The predicted octanol–water partition coefficient (Wildman–Crippen LogP) is 3.03. The van der Waals surface area contributed by atoms with Crippen molar-refractivity contribution in [1.29, 1.82) is 0 Å². The summed E-state index contributed by atoms with van der Waals surface area (Å²) in [7, 11) is 0. The second kappa shape index (κ2) is 6.19. The molecular formula is C15H30N2. The van der Waals surface area contributed by atoms with Crippen LogP contribution in [0.4, 0.5) is 0 Å². The number of hydrogen-bond acceptors (Lipinski definition) is 2. The van der Waals surface area contributed by atoms with Gasteiger partial charge < -0.3 is 5.32 Å². The molecule has 1 saturated carbocycles. The summed E-state index contributed by atoms with van der Waals surface area (Å²) in [6.07, 6.45) is 8.52. The summed E-state index contributed by atoms with van der Waals surface area (Å²) in [5.74, 6) is 0.806.